The fourth-order valence-electron chi connectivity index (χ4n) is 2.83. The lowest BCUT2D eigenvalue weighted by Crippen LogP contribution is -2.44. The molecule has 2 aromatic carbocycles. The second kappa shape index (κ2) is 8.89. The highest BCUT2D eigenvalue weighted by Crippen LogP contribution is 2.21. The molecule has 5 nitrogen and oxygen atoms in total. The summed E-state index contributed by atoms with van der Waals surface area (Å²) in [7, 11) is 2.14. The highest BCUT2D eigenvalue weighted by molar-refractivity contribution is 7.80. The number of hydrogen-bond donors (Lipinski definition) is 2. The topological polar surface area (TPSA) is 47.6 Å². The smallest absolute Gasteiger partial charge is 0.258 e. The zero-order chi connectivity index (χ0) is 19.4. The van der Waals surface area contributed by atoms with E-state index in [1.807, 2.05) is 24.3 Å². The number of rotatable bonds is 3. The van der Waals surface area contributed by atoms with Crippen molar-refractivity contribution in [1.29, 1.82) is 0 Å². The molecular weight excluding hydrogens is 403 g/mol. The Morgan fingerprint density at radius 2 is 1.70 bits per heavy atom. The van der Waals surface area contributed by atoms with Crippen LogP contribution in [0.25, 0.3) is 0 Å². The molecule has 1 amide bonds. The molecule has 1 heterocycles. The Morgan fingerprint density at radius 3 is 2.33 bits per heavy atom. The second-order valence-electron chi connectivity index (χ2n) is 6.37. The predicted octanol–water partition coefficient (Wildman–Crippen LogP) is 3.87. The minimum Gasteiger partial charge on any atom is -0.369 e. The Labute approximate surface area is 174 Å². The molecule has 8 heteroatoms. The molecule has 0 bridgehead atoms. The van der Waals surface area contributed by atoms with Crippen molar-refractivity contribution in [3.05, 3.63) is 58.1 Å². The van der Waals surface area contributed by atoms with Gasteiger partial charge in [-0.15, -0.1) is 0 Å². The Hall–Kier alpha value is -1.86. The number of hydrogen-bond acceptors (Lipinski definition) is 4. The van der Waals surface area contributed by atoms with Gasteiger partial charge in [0.1, 0.15) is 0 Å². The quantitative estimate of drug-likeness (QED) is 0.735. The second-order valence-corrected chi connectivity index (χ2v) is 7.62. The van der Waals surface area contributed by atoms with E-state index in [-0.39, 0.29) is 16.0 Å². The maximum Gasteiger partial charge on any atom is 0.258 e. The zero-order valence-corrected chi connectivity index (χ0v) is 17.2. The monoisotopic (exact) mass is 422 g/mol. The first-order chi connectivity index (χ1) is 12.9. The van der Waals surface area contributed by atoms with Crippen LogP contribution in [0.5, 0.6) is 0 Å². The Kier molecular flexibility index (Phi) is 6.55. The molecule has 0 unspecified atom stereocenters. The number of carbonyl (C=O) groups is 1. The van der Waals surface area contributed by atoms with E-state index in [0.29, 0.717) is 10.6 Å². The summed E-state index contributed by atoms with van der Waals surface area (Å²) in [4.78, 5) is 17.0. The SMILES string of the molecule is CN1CCN(c2ccc(NC(=S)NC(=O)c3ccc(Cl)cc3Cl)cc2)CC1. The van der Waals surface area contributed by atoms with Gasteiger partial charge in [0.15, 0.2) is 5.11 Å². The van der Waals surface area contributed by atoms with Crippen molar-refractivity contribution < 1.29 is 4.79 Å². The van der Waals surface area contributed by atoms with E-state index in [9.17, 15) is 4.79 Å². The Balaban J connectivity index is 1.57. The highest BCUT2D eigenvalue weighted by Gasteiger charge is 2.15. The summed E-state index contributed by atoms with van der Waals surface area (Å²) in [6.07, 6.45) is 0. The first-order valence-corrected chi connectivity index (χ1v) is 9.70. The van der Waals surface area contributed by atoms with Crippen molar-refractivity contribution in [3.8, 4) is 0 Å². The van der Waals surface area contributed by atoms with Gasteiger partial charge >= 0.3 is 0 Å². The van der Waals surface area contributed by atoms with Gasteiger partial charge in [-0.2, -0.15) is 0 Å². The summed E-state index contributed by atoms with van der Waals surface area (Å²) in [5, 5.41) is 6.59. The largest absolute Gasteiger partial charge is 0.369 e. The van der Waals surface area contributed by atoms with Crippen molar-refractivity contribution in [1.82, 2.24) is 10.2 Å². The lowest BCUT2D eigenvalue weighted by Gasteiger charge is -2.34. The summed E-state index contributed by atoms with van der Waals surface area (Å²) >= 11 is 17.1. The molecule has 1 aliphatic rings. The average Bonchev–Trinajstić information content (AvgIpc) is 2.63. The van der Waals surface area contributed by atoms with Gasteiger partial charge in [0.25, 0.3) is 5.91 Å². The number of halogens is 2. The minimum absolute atomic E-state index is 0.207. The van der Waals surface area contributed by atoms with E-state index < -0.39 is 0 Å². The number of nitrogens with zero attached hydrogens (tertiary/aromatic N) is 2. The first kappa shape index (κ1) is 19.9. The van der Waals surface area contributed by atoms with Gasteiger partial charge in [-0.1, -0.05) is 23.2 Å². The lowest BCUT2D eigenvalue weighted by atomic mass is 10.2. The molecule has 1 saturated heterocycles. The molecule has 0 saturated carbocycles. The van der Waals surface area contributed by atoms with Crippen LogP contribution in [0.1, 0.15) is 10.4 Å². The number of likely N-dealkylation sites (N-methyl/N-ethyl adjacent to an activating group) is 1. The highest BCUT2D eigenvalue weighted by atomic mass is 35.5. The van der Waals surface area contributed by atoms with Crippen LogP contribution in [0.3, 0.4) is 0 Å². The van der Waals surface area contributed by atoms with Crippen molar-refractivity contribution in [2.45, 2.75) is 0 Å². The van der Waals surface area contributed by atoms with Gasteiger partial charge in [-0.05, 0) is 61.7 Å². The Bertz CT molecular complexity index is 836. The molecule has 0 aromatic heterocycles. The fourth-order valence-corrected chi connectivity index (χ4v) is 3.53. The third kappa shape index (κ3) is 5.32. The Morgan fingerprint density at radius 1 is 1.04 bits per heavy atom. The van der Waals surface area contributed by atoms with E-state index in [0.717, 1.165) is 31.9 Å². The average molecular weight is 423 g/mol. The van der Waals surface area contributed by atoms with Gasteiger partial charge in [-0.25, -0.2) is 0 Å². The van der Waals surface area contributed by atoms with E-state index in [1.165, 1.54) is 11.8 Å². The number of benzene rings is 2. The number of anilines is 2. The normalized spacial score (nSPS) is 14.7. The maximum atomic E-state index is 12.3. The molecule has 0 atom stereocenters. The molecule has 0 spiro atoms. The fraction of sp³-hybridized carbons (Fsp3) is 0.263. The number of thiocarbonyl (C=S) groups is 1. The van der Waals surface area contributed by atoms with Crippen LogP contribution in [0, 0.1) is 0 Å². The van der Waals surface area contributed by atoms with Crippen LogP contribution in [-0.2, 0) is 0 Å². The molecule has 2 N–H and O–H groups in total. The number of amides is 1. The maximum absolute atomic E-state index is 12.3. The standard InChI is InChI=1S/C19H20Cl2N4OS/c1-24-8-10-25(11-9-24)15-5-3-14(4-6-15)22-19(27)23-18(26)16-7-2-13(20)12-17(16)21/h2-7,12H,8-11H2,1H3,(H2,22,23,26,27). The van der Waals surface area contributed by atoms with Crippen molar-refractivity contribution >= 4 is 57.8 Å². The molecule has 2 aromatic rings. The number of piperazine rings is 1. The molecule has 1 fully saturated rings. The molecule has 142 valence electrons. The summed E-state index contributed by atoms with van der Waals surface area (Å²) < 4.78 is 0. The third-order valence-corrected chi connectivity index (χ3v) is 5.15. The number of carbonyl (C=O) groups excluding carboxylic acids is 1. The van der Waals surface area contributed by atoms with E-state index in [2.05, 4.69) is 27.5 Å². The summed E-state index contributed by atoms with van der Waals surface area (Å²) in [6.45, 7) is 4.14. The van der Waals surface area contributed by atoms with Gasteiger partial charge in [0, 0.05) is 42.6 Å². The van der Waals surface area contributed by atoms with Crippen LogP contribution in [0.2, 0.25) is 10.0 Å². The van der Waals surface area contributed by atoms with E-state index >= 15 is 0 Å². The third-order valence-electron chi connectivity index (χ3n) is 4.40. The molecule has 1 aliphatic heterocycles. The van der Waals surface area contributed by atoms with Crippen molar-refractivity contribution in [2.24, 2.45) is 0 Å². The summed E-state index contributed by atoms with van der Waals surface area (Å²) in [6, 6.07) is 12.7. The van der Waals surface area contributed by atoms with E-state index in [4.69, 9.17) is 35.4 Å². The van der Waals surface area contributed by atoms with Gasteiger partial charge < -0.3 is 15.1 Å². The van der Waals surface area contributed by atoms with E-state index in [1.54, 1.807) is 12.1 Å². The van der Waals surface area contributed by atoms with Crippen LogP contribution in [0.15, 0.2) is 42.5 Å². The van der Waals surface area contributed by atoms with Gasteiger partial charge in [0.05, 0.1) is 10.6 Å². The predicted molar refractivity (Wildman–Crippen MR) is 116 cm³/mol. The molecule has 3 rings (SSSR count). The summed E-state index contributed by atoms with van der Waals surface area (Å²) in [5.41, 5.74) is 2.30. The first-order valence-electron chi connectivity index (χ1n) is 8.53. The molecule has 27 heavy (non-hydrogen) atoms. The van der Waals surface area contributed by atoms with Crippen LogP contribution < -0.4 is 15.5 Å². The van der Waals surface area contributed by atoms with Crippen LogP contribution in [-0.4, -0.2) is 49.1 Å². The molecule has 0 radical (unpaired) electrons. The number of nitrogens with one attached hydrogen (secondary N) is 2. The van der Waals surface area contributed by atoms with Crippen LogP contribution in [0.4, 0.5) is 11.4 Å². The molecule has 0 aliphatic carbocycles. The van der Waals surface area contributed by atoms with Crippen LogP contribution >= 0.6 is 35.4 Å². The molecular formula is C19H20Cl2N4OS. The zero-order valence-electron chi connectivity index (χ0n) is 14.8. The van der Waals surface area contributed by atoms with Gasteiger partial charge in [-0.3, -0.25) is 10.1 Å². The summed E-state index contributed by atoms with van der Waals surface area (Å²) in [5.74, 6) is -0.386. The van der Waals surface area contributed by atoms with Gasteiger partial charge in [0.2, 0.25) is 0 Å². The van der Waals surface area contributed by atoms with Crippen molar-refractivity contribution in [3.63, 3.8) is 0 Å². The minimum atomic E-state index is -0.386. The lowest BCUT2D eigenvalue weighted by molar-refractivity contribution is 0.0978. The van der Waals surface area contributed by atoms with Crippen molar-refractivity contribution in [2.75, 3.05) is 43.4 Å².